The molecule has 1 aliphatic rings. The number of hydrogen-bond donors (Lipinski definition) is 1. The smallest absolute Gasteiger partial charge is 0.222 e. The summed E-state index contributed by atoms with van der Waals surface area (Å²) in [6, 6.07) is 8.15. The Kier molecular flexibility index (Phi) is 7.53. The third-order valence-corrected chi connectivity index (χ3v) is 6.73. The van der Waals surface area contributed by atoms with Gasteiger partial charge in [0.1, 0.15) is 5.82 Å². The van der Waals surface area contributed by atoms with Gasteiger partial charge in [0.25, 0.3) is 0 Å². The zero-order valence-corrected chi connectivity index (χ0v) is 17.9. The lowest BCUT2D eigenvalue weighted by Gasteiger charge is -2.31. The highest BCUT2D eigenvalue weighted by atomic mass is 32.1. The van der Waals surface area contributed by atoms with Crippen LogP contribution in [-0.2, 0) is 11.2 Å². The summed E-state index contributed by atoms with van der Waals surface area (Å²) in [4.78, 5) is 27.3. The second kappa shape index (κ2) is 10.1. The van der Waals surface area contributed by atoms with E-state index in [1.165, 1.54) is 23.5 Å². The molecule has 1 aliphatic heterocycles. The first-order valence-electron chi connectivity index (χ1n) is 10.2. The van der Waals surface area contributed by atoms with Crippen molar-refractivity contribution >= 4 is 34.0 Å². The fourth-order valence-electron chi connectivity index (χ4n) is 4.04. The van der Waals surface area contributed by atoms with Gasteiger partial charge in [0.05, 0.1) is 17.0 Å². The summed E-state index contributed by atoms with van der Waals surface area (Å²) in [5, 5.41) is 5.09. The highest BCUT2D eigenvalue weighted by Gasteiger charge is 2.25. The van der Waals surface area contributed by atoms with Crippen LogP contribution in [0.5, 0.6) is 0 Å². The molecule has 0 bridgehead atoms. The van der Waals surface area contributed by atoms with Gasteiger partial charge in [-0.1, -0.05) is 5.16 Å². The molecule has 0 unspecified atom stereocenters. The quantitative estimate of drug-likeness (QED) is 0.532. The van der Waals surface area contributed by atoms with Crippen molar-refractivity contribution in [3.8, 4) is 0 Å². The predicted octanol–water partition coefficient (Wildman–Crippen LogP) is 3.07. The number of hydrogen-bond acceptors (Lipinski definition) is 6. The summed E-state index contributed by atoms with van der Waals surface area (Å²) < 4.78 is 18.6. The number of carbonyl (C=O) groups excluding carboxylic acids is 2. The molecule has 1 fully saturated rings. The molecule has 3 aromatic rings. The topological polar surface area (TPSA) is 121 Å². The van der Waals surface area contributed by atoms with E-state index in [9.17, 15) is 14.0 Å². The average molecular weight is 448 g/mol. The van der Waals surface area contributed by atoms with Gasteiger partial charge in [-0.2, -0.15) is 0 Å². The van der Waals surface area contributed by atoms with Crippen molar-refractivity contribution in [3.05, 3.63) is 51.6 Å². The molecule has 1 aromatic carbocycles. The van der Waals surface area contributed by atoms with Gasteiger partial charge in [-0.25, -0.2) is 4.39 Å². The Morgan fingerprint density at radius 1 is 1.23 bits per heavy atom. The van der Waals surface area contributed by atoms with Crippen LogP contribution in [0.15, 0.2) is 34.9 Å². The molecule has 4 N–H and O–H groups in total. The number of Topliss-reactive ketones (excluding diaryl/α,β-unsaturated/α-hetero) is 1. The van der Waals surface area contributed by atoms with Gasteiger partial charge < -0.3 is 20.6 Å². The Morgan fingerprint density at radius 3 is 2.74 bits per heavy atom. The van der Waals surface area contributed by atoms with Gasteiger partial charge in [-0.15, -0.1) is 11.3 Å². The van der Waals surface area contributed by atoms with Crippen molar-refractivity contribution in [1.82, 2.24) is 10.1 Å². The Morgan fingerprint density at radius 2 is 2.00 bits per heavy atom. The van der Waals surface area contributed by atoms with Crippen molar-refractivity contribution in [1.29, 1.82) is 0 Å². The minimum absolute atomic E-state index is 0. The number of rotatable bonds is 8. The summed E-state index contributed by atoms with van der Waals surface area (Å²) in [5.74, 6) is -0.275. The lowest BCUT2D eigenvalue weighted by Crippen LogP contribution is -2.34. The number of thiophene rings is 1. The summed E-state index contributed by atoms with van der Waals surface area (Å²) in [6.45, 7) is 2.76. The number of carbonyl (C=O) groups is 2. The van der Waals surface area contributed by atoms with Gasteiger partial charge in [0, 0.05) is 28.7 Å². The molecule has 4 rings (SSSR count). The number of benzene rings is 1. The van der Waals surface area contributed by atoms with Crippen molar-refractivity contribution in [2.45, 2.75) is 38.0 Å². The molecule has 0 saturated carbocycles. The molecular formula is C22H26FN3O4S. The van der Waals surface area contributed by atoms with Crippen LogP contribution in [0.3, 0.4) is 0 Å². The van der Waals surface area contributed by atoms with Crippen molar-refractivity contribution in [3.63, 3.8) is 0 Å². The molecule has 3 heterocycles. The highest BCUT2D eigenvalue weighted by molar-refractivity contribution is 7.14. The molecule has 9 heteroatoms. The standard InChI is InChI=1S/C22H24FN3O3S.H2O/c23-15-3-5-17-19(12-15)29-25-22(17)14-7-10-26(11-8-14)9-1-2-18(27)20-6-4-16(30-20)13-21(24)28;/h3-6,12,14H,1-2,7-11,13H2,(H2,24,28);1H2. The van der Waals surface area contributed by atoms with E-state index in [2.05, 4.69) is 10.1 Å². The number of primary amides is 1. The second-order valence-electron chi connectivity index (χ2n) is 7.76. The fraction of sp³-hybridized carbons (Fsp3) is 0.409. The Hall–Kier alpha value is -2.62. The van der Waals surface area contributed by atoms with Gasteiger partial charge in [-0.05, 0) is 63.2 Å². The van der Waals surface area contributed by atoms with Crippen LogP contribution in [0.4, 0.5) is 4.39 Å². The third-order valence-electron chi connectivity index (χ3n) is 5.60. The molecule has 0 spiro atoms. The minimum atomic E-state index is -0.384. The maximum Gasteiger partial charge on any atom is 0.222 e. The number of amides is 1. The summed E-state index contributed by atoms with van der Waals surface area (Å²) in [7, 11) is 0. The van der Waals surface area contributed by atoms with Gasteiger partial charge >= 0.3 is 0 Å². The van der Waals surface area contributed by atoms with Gasteiger partial charge in [-0.3, -0.25) is 9.59 Å². The largest absolute Gasteiger partial charge is 0.412 e. The van der Waals surface area contributed by atoms with Crippen molar-refractivity contribution < 1.29 is 24.0 Å². The van der Waals surface area contributed by atoms with Crippen LogP contribution in [0.2, 0.25) is 0 Å². The zero-order chi connectivity index (χ0) is 21.1. The lowest BCUT2D eigenvalue weighted by atomic mass is 9.91. The highest BCUT2D eigenvalue weighted by Crippen LogP contribution is 2.32. The van der Waals surface area contributed by atoms with Crippen LogP contribution in [0.1, 0.15) is 51.8 Å². The third kappa shape index (κ3) is 5.55. The van der Waals surface area contributed by atoms with Crippen LogP contribution < -0.4 is 5.73 Å². The summed E-state index contributed by atoms with van der Waals surface area (Å²) in [5.41, 5.74) is 6.62. The molecule has 7 nitrogen and oxygen atoms in total. The Balaban J connectivity index is 0.00000272. The fourth-order valence-corrected chi connectivity index (χ4v) is 5.02. The van der Waals surface area contributed by atoms with E-state index >= 15 is 0 Å². The van der Waals surface area contributed by atoms with Crippen LogP contribution in [0.25, 0.3) is 11.0 Å². The number of fused-ring (bicyclic) bond motifs is 1. The van der Waals surface area contributed by atoms with Crippen molar-refractivity contribution in [2.24, 2.45) is 5.73 Å². The van der Waals surface area contributed by atoms with Crippen LogP contribution in [-0.4, -0.2) is 46.9 Å². The molecule has 0 aliphatic carbocycles. The Bertz CT molecular complexity index is 1060. The molecule has 1 saturated heterocycles. The number of aromatic nitrogens is 1. The molecule has 0 radical (unpaired) electrons. The monoisotopic (exact) mass is 447 g/mol. The first kappa shape index (κ1) is 23.1. The number of piperidine rings is 1. The number of nitrogens with zero attached hydrogens (tertiary/aromatic N) is 2. The van der Waals surface area contributed by atoms with E-state index in [4.69, 9.17) is 10.3 Å². The molecule has 1 amide bonds. The number of halogens is 1. The van der Waals surface area contributed by atoms with E-state index in [-0.39, 0.29) is 29.4 Å². The minimum Gasteiger partial charge on any atom is -0.412 e. The van der Waals surface area contributed by atoms with E-state index in [0.29, 0.717) is 22.8 Å². The first-order valence-corrected chi connectivity index (χ1v) is 11.0. The molecule has 2 aromatic heterocycles. The predicted molar refractivity (Wildman–Crippen MR) is 117 cm³/mol. The van der Waals surface area contributed by atoms with Crippen molar-refractivity contribution in [2.75, 3.05) is 19.6 Å². The van der Waals surface area contributed by atoms with E-state index < -0.39 is 0 Å². The average Bonchev–Trinajstić information content (AvgIpc) is 3.35. The first-order chi connectivity index (χ1) is 14.5. The molecule has 166 valence electrons. The van der Waals surface area contributed by atoms with E-state index in [0.717, 1.165) is 54.9 Å². The van der Waals surface area contributed by atoms with E-state index in [1.54, 1.807) is 18.2 Å². The lowest BCUT2D eigenvalue weighted by molar-refractivity contribution is -0.117. The molecular weight excluding hydrogens is 421 g/mol. The Labute approximate surface area is 183 Å². The number of ketones is 1. The van der Waals surface area contributed by atoms with Gasteiger partial charge in [0.2, 0.25) is 5.91 Å². The second-order valence-corrected chi connectivity index (χ2v) is 8.93. The maximum atomic E-state index is 13.3. The molecule has 0 atom stereocenters. The van der Waals surface area contributed by atoms with Crippen LogP contribution >= 0.6 is 11.3 Å². The maximum absolute atomic E-state index is 13.3. The zero-order valence-electron chi connectivity index (χ0n) is 17.1. The molecule has 31 heavy (non-hydrogen) atoms. The summed E-state index contributed by atoms with van der Waals surface area (Å²) >= 11 is 1.35. The van der Waals surface area contributed by atoms with E-state index in [1.807, 2.05) is 0 Å². The number of nitrogens with two attached hydrogens (primary N) is 1. The summed E-state index contributed by atoms with van der Waals surface area (Å²) in [6.07, 6.45) is 3.42. The van der Waals surface area contributed by atoms with Crippen LogP contribution in [0, 0.1) is 5.82 Å². The normalized spacial score (nSPS) is 15.1. The van der Waals surface area contributed by atoms with Gasteiger partial charge in [0.15, 0.2) is 11.4 Å². The SMILES string of the molecule is NC(=O)Cc1ccc(C(=O)CCCN2CCC(c3noc4cc(F)ccc34)CC2)s1.O. The number of likely N-dealkylation sites (tertiary alicyclic amines) is 1.